The molecule has 2 nitrogen and oxygen atoms in total. The molecule has 1 aromatic carbocycles. The standard InChI is InChI=1S/C12H16FNO/c13-11-3-1-9(2-4-11)12-8-15-6-5-10(12)7-14/h1-4,10,12H,5-8,14H2. The van der Waals surface area contributed by atoms with Crippen LogP contribution < -0.4 is 5.73 Å². The molecule has 0 aromatic heterocycles. The molecular formula is C12H16FNO. The zero-order chi connectivity index (χ0) is 10.7. The second kappa shape index (κ2) is 4.73. The minimum atomic E-state index is -0.195. The average molecular weight is 209 g/mol. The molecule has 2 N–H and O–H groups in total. The summed E-state index contributed by atoms with van der Waals surface area (Å²) < 4.78 is 18.2. The van der Waals surface area contributed by atoms with E-state index in [9.17, 15) is 4.39 Å². The molecule has 15 heavy (non-hydrogen) atoms. The number of rotatable bonds is 2. The van der Waals surface area contributed by atoms with Crippen LogP contribution >= 0.6 is 0 Å². The Labute approximate surface area is 89.2 Å². The van der Waals surface area contributed by atoms with Gasteiger partial charge in [0.2, 0.25) is 0 Å². The molecule has 2 unspecified atom stereocenters. The topological polar surface area (TPSA) is 35.2 Å². The summed E-state index contributed by atoms with van der Waals surface area (Å²) in [6.07, 6.45) is 0.999. The maximum Gasteiger partial charge on any atom is 0.123 e. The molecule has 1 saturated heterocycles. The Morgan fingerprint density at radius 1 is 1.33 bits per heavy atom. The lowest BCUT2D eigenvalue weighted by Crippen LogP contribution is -2.31. The summed E-state index contributed by atoms with van der Waals surface area (Å²) in [6.45, 7) is 2.17. The number of hydrogen-bond donors (Lipinski definition) is 1. The number of nitrogens with two attached hydrogens (primary N) is 1. The van der Waals surface area contributed by atoms with Crippen molar-refractivity contribution in [2.75, 3.05) is 19.8 Å². The molecule has 1 fully saturated rings. The second-order valence-corrected chi connectivity index (χ2v) is 4.02. The molecule has 0 spiro atoms. The fraction of sp³-hybridized carbons (Fsp3) is 0.500. The first kappa shape index (κ1) is 10.6. The van der Waals surface area contributed by atoms with E-state index in [2.05, 4.69) is 0 Å². The van der Waals surface area contributed by atoms with Gasteiger partial charge in [0.15, 0.2) is 0 Å². The smallest absolute Gasteiger partial charge is 0.123 e. The van der Waals surface area contributed by atoms with E-state index in [0.717, 1.165) is 18.6 Å². The van der Waals surface area contributed by atoms with E-state index in [1.54, 1.807) is 0 Å². The van der Waals surface area contributed by atoms with Crippen LogP contribution in [0.1, 0.15) is 17.9 Å². The summed E-state index contributed by atoms with van der Waals surface area (Å²) in [5.41, 5.74) is 6.86. The number of ether oxygens (including phenoxy) is 1. The van der Waals surface area contributed by atoms with Crippen molar-refractivity contribution in [3.8, 4) is 0 Å². The molecule has 0 bridgehead atoms. The zero-order valence-electron chi connectivity index (χ0n) is 8.66. The first-order chi connectivity index (χ1) is 7.31. The molecule has 0 amide bonds. The highest BCUT2D eigenvalue weighted by molar-refractivity contribution is 5.21. The van der Waals surface area contributed by atoms with E-state index in [0.29, 0.717) is 25.0 Å². The third-order valence-electron chi connectivity index (χ3n) is 3.10. The van der Waals surface area contributed by atoms with Gasteiger partial charge in [-0.3, -0.25) is 0 Å². The van der Waals surface area contributed by atoms with Crippen LogP contribution in [0.3, 0.4) is 0 Å². The molecule has 0 aliphatic carbocycles. The molecule has 3 heteroatoms. The highest BCUT2D eigenvalue weighted by Crippen LogP contribution is 2.30. The van der Waals surface area contributed by atoms with Gasteiger partial charge in [-0.2, -0.15) is 0 Å². The average Bonchev–Trinajstić information content (AvgIpc) is 2.30. The summed E-state index contributed by atoms with van der Waals surface area (Å²) >= 11 is 0. The number of benzene rings is 1. The van der Waals surface area contributed by atoms with Gasteiger partial charge in [-0.25, -0.2) is 4.39 Å². The lowest BCUT2D eigenvalue weighted by molar-refractivity contribution is 0.0494. The molecule has 2 atom stereocenters. The van der Waals surface area contributed by atoms with Crippen LogP contribution in [-0.2, 0) is 4.74 Å². The van der Waals surface area contributed by atoms with Crippen molar-refractivity contribution in [2.45, 2.75) is 12.3 Å². The Morgan fingerprint density at radius 3 is 2.73 bits per heavy atom. The summed E-state index contributed by atoms with van der Waals surface area (Å²) in [7, 11) is 0. The highest BCUT2D eigenvalue weighted by Gasteiger charge is 2.25. The van der Waals surface area contributed by atoms with Crippen molar-refractivity contribution in [2.24, 2.45) is 11.7 Å². The van der Waals surface area contributed by atoms with Gasteiger partial charge in [0.1, 0.15) is 5.82 Å². The maximum atomic E-state index is 12.8. The fourth-order valence-corrected chi connectivity index (χ4v) is 2.14. The summed E-state index contributed by atoms with van der Waals surface area (Å²) in [6, 6.07) is 6.66. The van der Waals surface area contributed by atoms with Crippen LogP contribution in [0, 0.1) is 11.7 Å². The van der Waals surface area contributed by atoms with Gasteiger partial charge in [-0.1, -0.05) is 12.1 Å². The lowest BCUT2D eigenvalue weighted by Gasteiger charge is -2.30. The molecule has 0 saturated carbocycles. The van der Waals surface area contributed by atoms with Crippen molar-refractivity contribution < 1.29 is 9.13 Å². The van der Waals surface area contributed by atoms with Crippen LogP contribution in [0.2, 0.25) is 0 Å². The van der Waals surface area contributed by atoms with Gasteiger partial charge in [-0.05, 0) is 36.6 Å². The van der Waals surface area contributed by atoms with E-state index < -0.39 is 0 Å². The zero-order valence-corrected chi connectivity index (χ0v) is 8.66. The van der Waals surface area contributed by atoms with Gasteiger partial charge in [0.25, 0.3) is 0 Å². The van der Waals surface area contributed by atoms with Crippen LogP contribution in [-0.4, -0.2) is 19.8 Å². The largest absolute Gasteiger partial charge is 0.381 e. The van der Waals surface area contributed by atoms with Crippen molar-refractivity contribution in [1.82, 2.24) is 0 Å². The fourth-order valence-electron chi connectivity index (χ4n) is 2.14. The highest BCUT2D eigenvalue weighted by atomic mass is 19.1. The maximum absolute atomic E-state index is 12.8. The Morgan fingerprint density at radius 2 is 2.07 bits per heavy atom. The first-order valence-corrected chi connectivity index (χ1v) is 5.34. The molecular weight excluding hydrogens is 193 g/mol. The molecule has 1 aliphatic rings. The molecule has 0 radical (unpaired) electrons. The Balaban J connectivity index is 2.16. The van der Waals surface area contributed by atoms with E-state index in [1.165, 1.54) is 12.1 Å². The third kappa shape index (κ3) is 2.36. The Hall–Kier alpha value is -0.930. The van der Waals surface area contributed by atoms with Crippen molar-refractivity contribution in [3.05, 3.63) is 35.6 Å². The Bertz CT molecular complexity index is 312. The van der Waals surface area contributed by atoms with Crippen LogP contribution in [0.25, 0.3) is 0 Å². The van der Waals surface area contributed by atoms with Gasteiger partial charge >= 0.3 is 0 Å². The number of halogens is 1. The second-order valence-electron chi connectivity index (χ2n) is 4.02. The van der Waals surface area contributed by atoms with E-state index in [1.807, 2.05) is 12.1 Å². The third-order valence-corrected chi connectivity index (χ3v) is 3.10. The molecule has 1 heterocycles. The molecule has 1 aromatic rings. The van der Waals surface area contributed by atoms with Gasteiger partial charge in [0.05, 0.1) is 6.61 Å². The van der Waals surface area contributed by atoms with Crippen LogP contribution in [0.4, 0.5) is 4.39 Å². The molecule has 82 valence electrons. The normalized spacial score (nSPS) is 26.5. The SMILES string of the molecule is NCC1CCOCC1c1ccc(F)cc1. The van der Waals surface area contributed by atoms with Crippen molar-refractivity contribution in [1.29, 1.82) is 0 Å². The van der Waals surface area contributed by atoms with E-state index in [-0.39, 0.29) is 5.82 Å². The first-order valence-electron chi connectivity index (χ1n) is 5.34. The monoisotopic (exact) mass is 209 g/mol. The molecule has 2 rings (SSSR count). The molecule has 1 aliphatic heterocycles. The summed E-state index contributed by atoms with van der Waals surface area (Å²) in [5, 5.41) is 0. The predicted octanol–water partition coefficient (Wildman–Crippen LogP) is 1.90. The Kier molecular flexibility index (Phi) is 3.34. The van der Waals surface area contributed by atoms with Crippen LogP contribution in [0.5, 0.6) is 0 Å². The number of hydrogen-bond acceptors (Lipinski definition) is 2. The summed E-state index contributed by atoms with van der Waals surface area (Å²) in [5.74, 6) is 0.591. The quantitative estimate of drug-likeness (QED) is 0.807. The summed E-state index contributed by atoms with van der Waals surface area (Å²) in [4.78, 5) is 0. The lowest BCUT2D eigenvalue weighted by atomic mass is 9.83. The van der Waals surface area contributed by atoms with Gasteiger partial charge < -0.3 is 10.5 Å². The van der Waals surface area contributed by atoms with Crippen molar-refractivity contribution in [3.63, 3.8) is 0 Å². The van der Waals surface area contributed by atoms with Gasteiger partial charge in [-0.15, -0.1) is 0 Å². The minimum Gasteiger partial charge on any atom is -0.381 e. The minimum absolute atomic E-state index is 0.195. The van der Waals surface area contributed by atoms with Crippen molar-refractivity contribution >= 4 is 0 Å². The van der Waals surface area contributed by atoms with Gasteiger partial charge in [0, 0.05) is 12.5 Å². The van der Waals surface area contributed by atoms with Crippen LogP contribution in [0.15, 0.2) is 24.3 Å². The predicted molar refractivity (Wildman–Crippen MR) is 57.1 cm³/mol. The van der Waals surface area contributed by atoms with E-state index >= 15 is 0 Å². The van der Waals surface area contributed by atoms with E-state index in [4.69, 9.17) is 10.5 Å².